The minimum absolute atomic E-state index is 0.0536. The fourth-order valence-corrected chi connectivity index (χ4v) is 3.31. The highest BCUT2D eigenvalue weighted by Crippen LogP contribution is 2.24. The van der Waals surface area contributed by atoms with Crippen molar-refractivity contribution in [1.29, 1.82) is 0 Å². The molecule has 0 aliphatic carbocycles. The van der Waals surface area contributed by atoms with Crippen molar-refractivity contribution < 1.29 is 19.2 Å². The van der Waals surface area contributed by atoms with Crippen molar-refractivity contribution in [3.05, 3.63) is 24.3 Å². The number of carbonyl (C=O) groups is 2. The first-order valence-corrected chi connectivity index (χ1v) is 7.56. The number of ether oxygens (including phenoxy) is 1. The number of methoxy groups -OCH3 is 1. The van der Waals surface area contributed by atoms with Gasteiger partial charge in [0, 0.05) is 0 Å². The van der Waals surface area contributed by atoms with Gasteiger partial charge in [0.2, 0.25) is 5.91 Å². The lowest BCUT2D eigenvalue weighted by atomic mass is 10.1. The molecule has 1 N–H and O–H groups in total. The molecule has 1 aromatic rings. The average Bonchev–Trinajstić information content (AvgIpc) is 2.83. The average molecular weight is 289 g/mol. The van der Waals surface area contributed by atoms with Gasteiger partial charge in [0.15, 0.2) is 6.04 Å². The summed E-state index contributed by atoms with van der Waals surface area (Å²) in [6.07, 6.45) is 3.87. The molecule has 2 saturated heterocycles. The van der Waals surface area contributed by atoms with Crippen LogP contribution in [-0.2, 0) is 9.59 Å². The molecule has 2 aliphatic heterocycles. The summed E-state index contributed by atoms with van der Waals surface area (Å²) in [6, 6.07) is 6.89. The van der Waals surface area contributed by atoms with Gasteiger partial charge in [-0.15, -0.1) is 0 Å². The minimum atomic E-state index is -0.195. The highest BCUT2D eigenvalue weighted by atomic mass is 16.5. The number of quaternary nitrogens is 1. The molecule has 21 heavy (non-hydrogen) atoms. The second-order valence-corrected chi connectivity index (χ2v) is 5.74. The molecule has 0 saturated carbocycles. The predicted octanol–water partition coefficient (Wildman–Crippen LogP) is 0.396. The van der Waals surface area contributed by atoms with Crippen molar-refractivity contribution in [2.24, 2.45) is 0 Å². The molecule has 2 fully saturated rings. The van der Waals surface area contributed by atoms with Crippen LogP contribution in [-0.4, -0.2) is 38.1 Å². The molecular weight excluding hydrogens is 268 g/mol. The fraction of sp³-hybridized carbons (Fsp3) is 0.500. The largest absolute Gasteiger partial charge is 0.497 e. The van der Waals surface area contributed by atoms with Gasteiger partial charge in [-0.05, 0) is 43.5 Å². The van der Waals surface area contributed by atoms with Crippen LogP contribution >= 0.6 is 0 Å². The molecule has 0 radical (unpaired) electrons. The predicted molar refractivity (Wildman–Crippen MR) is 78.4 cm³/mol. The molecule has 2 heterocycles. The SMILES string of the molecule is COc1ccc(N2C(=O)C[C@H]([NH+]3CCCCC3)C2=O)cc1. The van der Waals surface area contributed by atoms with Gasteiger partial charge in [-0.25, -0.2) is 4.90 Å². The van der Waals surface area contributed by atoms with E-state index in [0.29, 0.717) is 12.1 Å². The van der Waals surface area contributed by atoms with Gasteiger partial charge in [-0.1, -0.05) is 0 Å². The highest BCUT2D eigenvalue weighted by Gasteiger charge is 2.45. The molecule has 3 rings (SSSR count). The molecule has 0 bridgehead atoms. The zero-order valence-electron chi connectivity index (χ0n) is 12.3. The van der Waals surface area contributed by atoms with Crippen molar-refractivity contribution in [3.8, 4) is 5.75 Å². The zero-order chi connectivity index (χ0) is 14.8. The standard InChI is InChI=1S/C16H20N2O3/c1-21-13-7-5-12(6-8-13)18-15(19)11-14(16(18)20)17-9-3-2-4-10-17/h5-8,14H,2-4,9-11H2,1H3/p+1/t14-/m0/s1. The molecule has 2 amide bonds. The molecule has 2 aliphatic rings. The highest BCUT2D eigenvalue weighted by molar-refractivity contribution is 6.21. The quantitative estimate of drug-likeness (QED) is 0.819. The van der Waals surface area contributed by atoms with Crippen molar-refractivity contribution >= 4 is 17.5 Å². The van der Waals surface area contributed by atoms with Gasteiger partial charge in [0.1, 0.15) is 5.75 Å². The summed E-state index contributed by atoms with van der Waals surface area (Å²) in [4.78, 5) is 27.5. The van der Waals surface area contributed by atoms with Gasteiger partial charge in [0.05, 0.1) is 32.3 Å². The Labute approximate surface area is 124 Å². The third-order valence-electron chi connectivity index (χ3n) is 4.47. The lowest BCUT2D eigenvalue weighted by Crippen LogP contribution is -3.17. The Morgan fingerprint density at radius 1 is 1.10 bits per heavy atom. The van der Waals surface area contributed by atoms with Crippen molar-refractivity contribution in [2.75, 3.05) is 25.1 Å². The minimum Gasteiger partial charge on any atom is -0.497 e. The summed E-state index contributed by atoms with van der Waals surface area (Å²) in [5, 5.41) is 0. The number of anilines is 1. The number of amides is 2. The van der Waals surface area contributed by atoms with Gasteiger partial charge in [-0.2, -0.15) is 0 Å². The number of imide groups is 1. The summed E-state index contributed by atoms with van der Waals surface area (Å²) in [7, 11) is 1.59. The van der Waals surface area contributed by atoms with E-state index in [1.807, 2.05) is 0 Å². The Bertz CT molecular complexity index is 535. The summed E-state index contributed by atoms with van der Waals surface area (Å²) in [5.74, 6) is 0.575. The number of hydrogen-bond donors (Lipinski definition) is 1. The van der Waals surface area contributed by atoms with Crippen molar-refractivity contribution in [1.82, 2.24) is 0 Å². The maximum atomic E-state index is 12.6. The molecule has 112 valence electrons. The van der Waals surface area contributed by atoms with Gasteiger partial charge in [-0.3, -0.25) is 9.59 Å². The van der Waals surface area contributed by atoms with E-state index in [9.17, 15) is 9.59 Å². The maximum absolute atomic E-state index is 12.6. The molecular formula is C16H21N2O3+. The van der Waals surface area contributed by atoms with Crippen LogP contribution in [0.15, 0.2) is 24.3 Å². The van der Waals surface area contributed by atoms with Crippen LogP contribution in [0.3, 0.4) is 0 Å². The Morgan fingerprint density at radius 2 is 1.76 bits per heavy atom. The second-order valence-electron chi connectivity index (χ2n) is 5.74. The summed E-state index contributed by atoms with van der Waals surface area (Å²) in [6.45, 7) is 2.00. The summed E-state index contributed by atoms with van der Waals surface area (Å²) < 4.78 is 5.11. The van der Waals surface area contributed by atoms with E-state index in [1.165, 1.54) is 16.2 Å². The molecule has 0 unspecified atom stereocenters. The van der Waals surface area contributed by atoms with Gasteiger partial charge < -0.3 is 9.64 Å². The Balaban J connectivity index is 1.79. The number of carbonyl (C=O) groups excluding carboxylic acids is 2. The van der Waals surface area contributed by atoms with E-state index < -0.39 is 0 Å². The molecule has 0 spiro atoms. The molecule has 0 aromatic heterocycles. The van der Waals surface area contributed by atoms with Crippen LogP contribution in [0.2, 0.25) is 0 Å². The van der Waals surface area contributed by atoms with E-state index >= 15 is 0 Å². The summed E-state index contributed by atoms with van der Waals surface area (Å²) >= 11 is 0. The van der Waals surface area contributed by atoms with E-state index in [-0.39, 0.29) is 17.9 Å². The van der Waals surface area contributed by atoms with Crippen molar-refractivity contribution in [3.63, 3.8) is 0 Å². The maximum Gasteiger partial charge on any atom is 0.292 e. The number of hydrogen-bond acceptors (Lipinski definition) is 3. The number of benzene rings is 1. The Kier molecular flexibility index (Phi) is 3.92. The topological polar surface area (TPSA) is 51.0 Å². The monoisotopic (exact) mass is 289 g/mol. The lowest BCUT2D eigenvalue weighted by molar-refractivity contribution is -0.919. The van der Waals surface area contributed by atoms with Gasteiger partial charge in [0.25, 0.3) is 5.91 Å². The van der Waals surface area contributed by atoms with E-state index in [1.54, 1.807) is 31.4 Å². The van der Waals surface area contributed by atoms with Gasteiger partial charge >= 0.3 is 0 Å². The smallest absolute Gasteiger partial charge is 0.292 e. The number of rotatable bonds is 3. The first-order chi connectivity index (χ1) is 10.2. The normalized spacial score (nSPS) is 23.7. The molecule has 1 aromatic carbocycles. The number of nitrogens with one attached hydrogen (secondary N) is 1. The van der Waals surface area contributed by atoms with E-state index in [2.05, 4.69) is 0 Å². The van der Waals surface area contributed by atoms with Crippen LogP contribution in [0.4, 0.5) is 5.69 Å². The Morgan fingerprint density at radius 3 is 2.38 bits per heavy atom. The number of nitrogens with zero attached hydrogens (tertiary/aromatic N) is 1. The summed E-state index contributed by atoms with van der Waals surface area (Å²) in [5.41, 5.74) is 0.643. The van der Waals surface area contributed by atoms with E-state index in [0.717, 1.165) is 31.7 Å². The molecule has 5 nitrogen and oxygen atoms in total. The van der Waals surface area contributed by atoms with Crippen LogP contribution in [0, 0.1) is 0 Å². The van der Waals surface area contributed by atoms with Crippen LogP contribution in [0.1, 0.15) is 25.7 Å². The zero-order valence-corrected chi connectivity index (χ0v) is 12.3. The fourth-order valence-electron chi connectivity index (χ4n) is 3.31. The van der Waals surface area contributed by atoms with Crippen LogP contribution < -0.4 is 14.5 Å². The van der Waals surface area contributed by atoms with Crippen LogP contribution in [0.5, 0.6) is 5.75 Å². The Hall–Kier alpha value is -1.88. The first kappa shape index (κ1) is 14.1. The van der Waals surface area contributed by atoms with Crippen LogP contribution in [0.25, 0.3) is 0 Å². The first-order valence-electron chi connectivity index (χ1n) is 7.56. The molecule has 5 heteroatoms. The second kappa shape index (κ2) is 5.85. The van der Waals surface area contributed by atoms with E-state index in [4.69, 9.17) is 4.74 Å². The van der Waals surface area contributed by atoms with Crippen molar-refractivity contribution in [2.45, 2.75) is 31.7 Å². The lowest BCUT2D eigenvalue weighted by Gasteiger charge is -2.27. The molecule has 1 atom stereocenters. The third kappa shape index (κ3) is 2.65. The third-order valence-corrected chi connectivity index (χ3v) is 4.47. The number of likely N-dealkylation sites (tertiary alicyclic amines) is 1. The number of piperidine rings is 1.